The lowest BCUT2D eigenvalue weighted by atomic mass is 9.88. The molecule has 0 aromatic heterocycles. The summed E-state index contributed by atoms with van der Waals surface area (Å²) in [6.07, 6.45) is 14.5. The molecule has 2 aliphatic carbocycles. The second kappa shape index (κ2) is 6.71. The fraction of sp³-hybridized carbons (Fsp3) is 0.650. The summed E-state index contributed by atoms with van der Waals surface area (Å²) in [7, 11) is 0. The Labute approximate surface area is 150 Å². The van der Waals surface area contributed by atoms with E-state index in [1.165, 1.54) is 32.1 Å². The van der Waals surface area contributed by atoms with Gasteiger partial charge >= 0.3 is 0 Å². The van der Waals surface area contributed by atoms with E-state index >= 15 is 0 Å². The molecule has 0 radical (unpaired) electrons. The van der Waals surface area contributed by atoms with Crippen LogP contribution in [0.3, 0.4) is 0 Å². The topological polar surface area (TPSA) is 57.1 Å². The third-order valence-electron chi connectivity index (χ3n) is 5.86. The van der Waals surface area contributed by atoms with Gasteiger partial charge in [-0.15, -0.1) is 0 Å². The van der Waals surface area contributed by atoms with Crippen molar-refractivity contribution in [3.05, 3.63) is 35.8 Å². The number of ether oxygens (including phenoxy) is 1. The highest BCUT2D eigenvalue weighted by Crippen LogP contribution is 2.35. The quantitative estimate of drug-likeness (QED) is 0.824. The molecular weight excluding hydrogens is 314 g/mol. The monoisotopic (exact) mass is 343 g/mol. The average molecular weight is 343 g/mol. The van der Waals surface area contributed by atoms with Gasteiger partial charge in [-0.1, -0.05) is 31.8 Å². The highest BCUT2D eigenvalue weighted by molar-refractivity contribution is 5.96. The largest absolute Gasteiger partial charge is 0.465 e. The van der Waals surface area contributed by atoms with Crippen LogP contribution in [0.5, 0.6) is 0 Å². The number of nitrogens with one attached hydrogen (secondary N) is 1. The van der Waals surface area contributed by atoms with Gasteiger partial charge in [0, 0.05) is 24.3 Å². The summed E-state index contributed by atoms with van der Waals surface area (Å²) in [6.45, 7) is 4.89. The summed E-state index contributed by atoms with van der Waals surface area (Å²) < 4.78 is 5.67. The minimum absolute atomic E-state index is 0.0507. The first-order valence-electron chi connectivity index (χ1n) is 9.58. The van der Waals surface area contributed by atoms with Gasteiger partial charge in [-0.2, -0.15) is 0 Å². The molecule has 1 saturated carbocycles. The zero-order chi connectivity index (χ0) is 17.4. The fourth-order valence-electron chi connectivity index (χ4n) is 4.41. The zero-order valence-electron chi connectivity index (χ0n) is 15.2. The Balaban J connectivity index is 1.53. The van der Waals surface area contributed by atoms with Crippen molar-refractivity contribution in [2.75, 3.05) is 6.54 Å². The summed E-state index contributed by atoms with van der Waals surface area (Å²) in [5.74, 6) is 1.72. The number of aliphatic hydroxyl groups is 1. The molecule has 5 nitrogen and oxygen atoms in total. The minimum Gasteiger partial charge on any atom is -0.465 e. The molecule has 0 aromatic rings. The summed E-state index contributed by atoms with van der Waals surface area (Å²) in [6, 6.07) is -0.0507. The van der Waals surface area contributed by atoms with Crippen molar-refractivity contribution in [1.82, 2.24) is 10.4 Å². The summed E-state index contributed by atoms with van der Waals surface area (Å²) in [4.78, 5) is 4.86. The van der Waals surface area contributed by atoms with E-state index in [0.29, 0.717) is 0 Å². The average Bonchev–Trinajstić information content (AvgIpc) is 3.10. The van der Waals surface area contributed by atoms with Crippen molar-refractivity contribution in [3.8, 4) is 0 Å². The van der Waals surface area contributed by atoms with E-state index in [1.807, 2.05) is 24.9 Å². The van der Waals surface area contributed by atoms with Crippen LogP contribution in [0.4, 0.5) is 0 Å². The predicted octanol–water partition coefficient (Wildman–Crippen LogP) is 3.05. The van der Waals surface area contributed by atoms with E-state index in [4.69, 9.17) is 9.73 Å². The van der Waals surface area contributed by atoms with Crippen molar-refractivity contribution in [2.45, 2.75) is 70.2 Å². The first-order valence-corrected chi connectivity index (χ1v) is 9.58. The van der Waals surface area contributed by atoms with Crippen molar-refractivity contribution in [1.29, 1.82) is 0 Å². The molecule has 0 saturated heterocycles. The van der Waals surface area contributed by atoms with E-state index in [0.717, 1.165) is 35.9 Å². The number of hydrazine groups is 1. The van der Waals surface area contributed by atoms with Crippen LogP contribution in [-0.2, 0) is 4.74 Å². The Hall–Kier alpha value is -1.43. The second-order valence-corrected chi connectivity index (χ2v) is 8.18. The van der Waals surface area contributed by atoms with Gasteiger partial charge in [0.1, 0.15) is 12.0 Å². The van der Waals surface area contributed by atoms with Gasteiger partial charge in [0.25, 0.3) is 0 Å². The normalized spacial score (nSPS) is 31.6. The first-order chi connectivity index (χ1) is 12.0. The second-order valence-electron chi connectivity index (χ2n) is 8.18. The molecule has 0 spiro atoms. The molecule has 0 aromatic carbocycles. The Bertz CT molecular complexity index is 641. The lowest BCUT2D eigenvalue weighted by molar-refractivity contribution is -0.0840. The molecule has 5 heteroatoms. The standard InChI is InChI=1S/C20H29N3O2/c1-20(2)19(24)23(21-10-9-14-6-3-4-7-14)17-13-18-15(8-5-11-25-18)12-16(17)22-20/h5,8,11,13-14,17,19,21,24H,3-4,6-7,9-10,12H2,1-2H3/t17?,19-/m1/s1. The van der Waals surface area contributed by atoms with Gasteiger partial charge < -0.3 is 9.84 Å². The Morgan fingerprint density at radius 2 is 2.16 bits per heavy atom. The van der Waals surface area contributed by atoms with Crippen LogP contribution in [0.2, 0.25) is 0 Å². The number of fused-ring (bicyclic) bond motifs is 2. The summed E-state index contributed by atoms with van der Waals surface area (Å²) in [5.41, 5.74) is 5.25. The Morgan fingerprint density at radius 1 is 1.36 bits per heavy atom. The van der Waals surface area contributed by atoms with Crippen LogP contribution in [-0.4, -0.2) is 40.2 Å². The van der Waals surface area contributed by atoms with Crippen LogP contribution >= 0.6 is 0 Å². The van der Waals surface area contributed by atoms with E-state index in [-0.39, 0.29) is 6.04 Å². The summed E-state index contributed by atoms with van der Waals surface area (Å²) in [5, 5.41) is 12.9. The smallest absolute Gasteiger partial charge is 0.145 e. The highest BCUT2D eigenvalue weighted by Gasteiger charge is 2.44. The van der Waals surface area contributed by atoms with E-state index in [1.54, 1.807) is 6.26 Å². The zero-order valence-corrected chi connectivity index (χ0v) is 15.2. The van der Waals surface area contributed by atoms with Crippen LogP contribution in [0.25, 0.3) is 0 Å². The van der Waals surface area contributed by atoms with E-state index < -0.39 is 11.8 Å². The van der Waals surface area contributed by atoms with Crippen LogP contribution in [0, 0.1) is 5.92 Å². The molecule has 1 fully saturated rings. The molecule has 2 N–H and O–H groups in total. The molecule has 2 atom stereocenters. The van der Waals surface area contributed by atoms with E-state index in [2.05, 4.69) is 17.6 Å². The highest BCUT2D eigenvalue weighted by atomic mass is 16.5. The number of nitrogens with zero attached hydrogens (tertiary/aromatic N) is 2. The maximum absolute atomic E-state index is 10.9. The predicted molar refractivity (Wildman–Crippen MR) is 98.7 cm³/mol. The van der Waals surface area contributed by atoms with Crippen LogP contribution < -0.4 is 5.43 Å². The van der Waals surface area contributed by atoms with Crippen molar-refractivity contribution in [2.24, 2.45) is 10.9 Å². The third-order valence-corrected chi connectivity index (χ3v) is 5.86. The molecule has 2 heterocycles. The molecule has 4 rings (SSSR count). The molecule has 25 heavy (non-hydrogen) atoms. The number of aliphatic imine (C=N–C) groups is 1. The van der Waals surface area contributed by atoms with Gasteiger partial charge in [0.05, 0.1) is 17.8 Å². The van der Waals surface area contributed by atoms with E-state index in [9.17, 15) is 5.11 Å². The SMILES string of the molecule is CC1(C)N=C2CC3=CC=COC3=CC2N(NCCC2CCCC2)[C@@H]1O. The van der Waals surface area contributed by atoms with Gasteiger partial charge in [-0.25, -0.2) is 5.01 Å². The lowest BCUT2D eigenvalue weighted by Crippen LogP contribution is -2.64. The van der Waals surface area contributed by atoms with Gasteiger partial charge in [0.15, 0.2) is 0 Å². The fourth-order valence-corrected chi connectivity index (χ4v) is 4.41. The summed E-state index contributed by atoms with van der Waals surface area (Å²) >= 11 is 0. The van der Waals surface area contributed by atoms with Crippen LogP contribution in [0.1, 0.15) is 52.4 Å². The molecule has 2 aliphatic heterocycles. The number of aliphatic hydroxyl groups excluding tert-OH is 1. The molecule has 0 bridgehead atoms. The van der Waals surface area contributed by atoms with Crippen molar-refractivity contribution >= 4 is 5.71 Å². The minimum atomic E-state index is -0.661. The molecule has 0 amide bonds. The van der Waals surface area contributed by atoms with Crippen LogP contribution in [0.15, 0.2) is 40.8 Å². The van der Waals surface area contributed by atoms with Gasteiger partial charge in [0.2, 0.25) is 0 Å². The number of allylic oxidation sites excluding steroid dienone is 3. The first kappa shape index (κ1) is 17.0. The maximum atomic E-state index is 10.9. The lowest BCUT2D eigenvalue weighted by Gasteiger charge is -2.46. The molecular formula is C20H29N3O2. The van der Waals surface area contributed by atoms with Crippen molar-refractivity contribution < 1.29 is 9.84 Å². The number of hydrogen-bond donors (Lipinski definition) is 2. The van der Waals surface area contributed by atoms with Gasteiger partial charge in [-0.3, -0.25) is 10.4 Å². The number of hydrogen-bond acceptors (Lipinski definition) is 5. The molecule has 136 valence electrons. The third kappa shape index (κ3) is 3.33. The molecule has 4 aliphatic rings. The number of rotatable bonds is 4. The Morgan fingerprint density at radius 3 is 2.96 bits per heavy atom. The Kier molecular flexibility index (Phi) is 4.56. The maximum Gasteiger partial charge on any atom is 0.145 e. The molecule has 1 unspecified atom stereocenters. The van der Waals surface area contributed by atoms with Crippen molar-refractivity contribution in [3.63, 3.8) is 0 Å². The van der Waals surface area contributed by atoms with Gasteiger partial charge in [-0.05, 0) is 38.3 Å².